The van der Waals surface area contributed by atoms with Crippen molar-refractivity contribution >= 4 is 35.1 Å². The van der Waals surface area contributed by atoms with Gasteiger partial charge < -0.3 is 10.2 Å². The molecule has 0 aliphatic carbocycles. The number of carbonyl (C=O) groups is 1. The fourth-order valence-electron chi connectivity index (χ4n) is 5.02. The highest BCUT2D eigenvalue weighted by Gasteiger charge is 2.20. The van der Waals surface area contributed by atoms with Gasteiger partial charge in [-0.15, -0.1) is 0 Å². The van der Waals surface area contributed by atoms with Crippen LogP contribution in [0.15, 0.2) is 97.3 Å². The number of para-hydroxylation sites is 2. The Kier molecular flexibility index (Phi) is 6.91. The second-order valence-corrected chi connectivity index (χ2v) is 10.1. The Morgan fingerprint density at radius 2 is 1.56 bits per heavy atom. The smallest absolute Gasteiger partial charge is 0.274 e. The molecule has 1 N–H and O–H groups in total. The van der Waals surface area contributed by atoms with Crippen LogP contribution in [0.4, 0.5) is 11.4 Å². The van der Waals surface area contributed by atoms with Gasteiger partial charge in [-0.25, -0.2) is 9.50 Å². The number of piperidine rings is 1. The van der Waals surface area contributed by atoms with E-state index in [1.54, 1.807) is 23.0 Å². The number of aromatic nitrogens is 3. The molecule has 0 spiro atoms. The molecule has 0 radical (unpaired) electrons. The minimum Gasteiger partial charge on any atom is -0.370 e. The van der Waals surface area contributed by atoms with Crippen molar-refractivity contribution in [3.05, 3.63) is 114 Å². The van der Waals surface area contributed by atoms with Gasteiger partial charge in [0.25, 0.3) is 5.91 Å². The number of hydrogen-bond acceptors (Lipinski definition) is 4. The Bertz CT molecular complexity index is 1610. The van der Waals surface area contributed by atoms with E-state index in [4.69, 9.17) is 4.98 Å². The number of nitrogens with one attached hydrogen (secondary N) is 1. The molecule has 6 rings (SSSR count). The highest BCUT2D eigenvalue weighted by Crippen LogP contribution is 2.30. The van der Waals surface area contributed by atoms with Gasteiger partial charge in [-0.2, -0.15) is 5.10 Å². The van der Waals surface area contributed by atoms with E-state index in [2.05, 4.69) is 76.9 Å². The van der Waals surface area contributed by atoms with Crippen LogP contribution in [0.2, 0.25) is 0 Å². The van der Waals surface area contributed by atoms with E-state index in [-0.39, 0.29) is 5.91 Å². The molecule has 194 valence electrons. The molecule has 5 aromatic rings. The highest BCUT2D eigenvalue weighted by molar-refractivity contribution is 6.05. The topological polar surface area (TPSA) is 62.5 Å². The molecule has 39 heavy (non-hydrogen) atoms. The number of amides is 1. The van der Waals surface area contributed by atoms with Crippen LogP contribution in [0.5, 0.6) is 0 Å². The molecule has 1 aliphatic rings. The lowest BCUT2D eigenvalue weighted by molar-refractivity contribution is 0.102. The third kappa shape index (κ3) is 5.46. The number of fused-ring (bicyclic) bond motifs is 1. The third-order valence-electron chi connectivity index (χ3n) is 7.37. The predicted octanol–water partition coefficient (Wildman–Crippen LogP) is 7.06. The van der Waals surface area contributed by atoms with Crippen LogP contribution in [0.1, 0.15) is 41.4 Å². The summed E-state index contributed by atoms with van der Waals surface area (Å²) in [6, 6.07) is 28.2. The summed E-state index contributed by atoms with van der Waals surface area (Å²) in [6.45, 7) is 4.30. The van der Waals surface area contributed by atoms with Crippen molar-refractivity contribution < 1.29 is 4.79 Å². The van der Waals surface area contributed by atoms with E-state index < -0.39 is 0 Å². The number of benzene rings is 3. The van der Waals surface area contributed by atoms with Crippen molar-refractivity contribution in [1.82, 2.24) is 14.6 Å². The second kappa shape index (κ2) is 11.0. The number of carbonyl (C=O) groups excluding carboxylic acids is 1. The maximum Gasteiger partial charge on any atom is 0.274 e. The molecule has 1 fully saturated rings. The molecule has 1 saturated heterocycles. The standard InChI is InChI=1S/C33H31N5O/c1-24-17-20-37(21-18-24)31-10-6-5-9-29(31)36-33(39)30-19-22-38-32(35-30)28(23-34-38)27-15-13-26(14-16-27)12-11-25-7-3-2-4-8-25/h2-16,19,22-24H,17-18,20-21H2,1H3,(H,36,39)/b12-11-. The molecule has 1 aliphatic heterocycles. The van der Waals surface area contributed by atoms with Crippen LogP contribution in [0, 0.1) is 5.92 Å². The van der Waals surface area contributed by atoms with Crippen LogP contribution in [0.25, 0.3) is 28.9 Å². The normalized spacial score (nSPS) is 14.2. The fraction of sp³-hybridized carbons (Fsp3) is 0.182. The summed E-state index contributed by atoms with van der Waals surface area (Å²) in [4.78, 5) is 20.4. The van der Waals surface area contributed by atoms with E-state index in [9.17, 15) is 4.79 Å². The van der Waals surface area contributed by atoms with Crippen molar-refractivity contribution in [2.24, 2.45) is 5.92 Å². The maximum absolute atomic E-state index is 13.3. The molecule has 6 heteroatoms. The summed E-state index contributed by atoms with van der Waals surface area (Å²) < 4.78 is 1.71. The van der Waals surface area contributed by atoms with Gasteiger partial charge in [-0.05, 0) is 53.6 Å². The summed E-state index contributed by atoms with van der Waals surface area (Å²) in [5.41, 5.74) is 7.02. The second-order valence-electron chi connectivity index (χ2n) is 10.1. The van der Waals surface area contributed by atoms with Crippen molar-refractivity contribution in [1.29, 1.82) is 0 Å². The van der Waals surface area contributed by atoms with Crippen LogP contribution in [-0.2, 0) is 0 Å². The molecule has 0 unspecified atom stereocenters. The first-order valence-electron chi connectivity index (χ1n) is 13.5. The molecule has 0 atom stereocenters. The fourth-order valence-corrected chi connectivity index (χ4v) is 5.02. The number of nitrogens with zero attached hydrogens (tertiary/aromatic N) is 4. The molecule has 3 heterocycles. The van der Waals surface area contributed by atoms with Gasteiger partial charge in [0.2, 0.25) is 0 Å². The Morgan fingerprint density at radius 3 is 2.33 bits per heavy atom. The number of anilines is 2. The highest BCUT2D eigenvalue weighted by atomic mass is 16.1. The SMILES string of the molecule is CC1CCN(c2ccccc2NC(=O)c2ccn3ncc(-c4ccc(/C=C\c5ccccc5)cc4)c3n2)CC1. The molecular weight excluding hydrogens is 482 g/mol. The van der Waals surface area contributed by atoms with Crippen molar-refractivity contribution in [3.63, 3.8) is 0 Å². The summed E-state index contributed by atoms with van der Waals surface area (Å²) >= 11 is 0. The summed E-state index contributed by atoms with van der Waals surface area (Å²) in [5, 5.41) is 7.57. The maximum atomic E-state index is 13.3. The summed E-state index contributed by atoms with van der Waals surface area (Å²) in [5.74, 6) is 0.509. The number of hydrogen-bond donors (Lipinski definition) is 1. The largest absolute Gasteiger partial charge is 0.370 e. The molecule has 3 aromatic carbocycles. The van der Waals surface area contributed by atoms with E-state index in [0.717, 1.165) is 65.5 Å². The van der Waals surface area contributed by atoms with Crippen molar-refractivity contribution in [2.45, 2.75) is 19.8 Å². The van der Waals surface area contributed by atoms with E-state index in [1.165, 1.54) is 0 Å². The molecule has 6 nitrogen and oxygen atoms in total. The van der Waals surface area contributed by atoms with Crippen LogP contribution < -0.4 is 10.2 Å². The molecule has 0 saturated carbocycles. The van der Waals surface area contributed by atoms with Crippen LogP contribution >= 0.6 is 0 Å². The molecule has 1 amide bonds. The monoisotopic (exact) mass is 513 g/mol. The number of rotatable bonds is 6. The van der Waals surface area contributed by atoms with E-state index in [0.29, 0.717) is 11.3 Å². The van der Waals surface area contributed by atoms with Crippen molar-refractivity contribution in [2.75, 3.05) is 23.3 Å². The third-order valence-corrected chi connectivity index (χ3v) is 7.37. The Labute approximate surface area is 228 Å². The lowest BCUT2D eigenvalue weighted by Gasteiger charge is -2.33. The van der Waals surface area contributed by atoms with Gasteiger partial charge in [-0.3, -0.25) is 4.79 Å². The zero-order valence-corrected chi connectivity index (χ0v) is 22.0. The first-order valence-corrected chi connectivity index (χ1v) is 13.5. The van der Waals surface area contributed by atoms with Crippen LogP contribution in [-0.4, -0.2) is 33.6 Å². The summed E-state index contributed by atoms with van der Waals surface area (Å²) in [6.07, 6.45) is 10.1. The average Bonchev–Trinajstić information content (AvgIpc) is 3.41. The minimum atomic E-state index is -0.233. The average molecular weight is 514 g/mol. The van der Waals surface area contributed by atoms with Gasteiger partial charge in [-0.1, -0.05) is 85.8 Å². The Balaban J connectivity index is 1.22. The van der Waals surface area contributed by atoms with Gasteiger partial charge in [0.1, 0.15) is 5.69 Å². The minimum absolute atomic E-state index is 0.233. The quantitative estimate of drug-likeness (QED) is 0.247. The van der Waals surface area contributed by atoms with Gasteiger partial charge in [0.15, 0.2) is 5.65 Å². The zero-order valence-electron chi connectivity index (χ0n) is 22.0. The first kappa shape index (κ1) is 24.6. The molecule has 0 bridgehead atoms. The van der Waals surface area contributed by atoms with Crippen LogP contribution in [0.3, 0.4) is 0 Å². The van der Waals surface area contributed by atoms with Gasteiger partial charge in [0, 0.05) is 24.8 Å². The predicted molar refractivity (Wildman–Crippen MR) is 159 cm³/mol. The summed E-state index contributed by atoms with van der Waals surface area (Å²) in [7, 11) is 0. The Hall–Kier alpha value is -4.71. The van der Waals surface area contributed by atoms with Gasteiger partial charge >= 0.3 is 0 Å². The zero-order chi connectivity index (χ0) is 26.6. The molecular formula is C33H31N5O. The first-order chi connectivity index (χ1) is 19.1. The molecule has 2 aromatic heterocycles. The van der Waals surface area contributed by atoms with Crippen molar-refractivity contribution in [3.8, 4) is 11.1 Å². The lowest BCUT2D eigenvalue weighted by Crippen LogP contribution is -2.33. The van der Waals surface area contributed by atoms with Gasteiger partial charge in [0.05, 0.1) is 17.6 Å². The Morgan fingerprint density at radius 1 is 0.872 bits per heavy atom. The lowest BCUT2D eigenvalue weighted by atomic mass is 9.98. The van der Waals surface area contributed by atoms with E-state index in [1.807, 2.05) is 36.4 Å². The van der Waals surface area contributed by atoms with E-state index >= 15 is 0 Å².